The summed E-state index contributed by atoms with van der Waals surface area (Å²) in [5.74, 6) is 0.747. The molecule has 98 valence electrons. The van der Waals surface area contributed by atoms with Gasteiger partial charge in [0.05, 0.1) is 0 Å². The van der Waals surface area contributed by atoms with Gasteiger partial charge in [0.2, 0.25) is 0 Å². The SMILES string of the molecule is Cc1cccc(OCC(=O)NC2CCCCC2)c1. The molecular formula is C15H21NO2. The van der Waals surface area contributed by atoms with Gasteiger partial charge in [-0.2, -0.15) is 0 Å². The van der Waals surface area contributed by atoms with E-state index in [4.69, 9.17) is 4.74 Å². The van der Waals surface area contributed by atoms with Crippen molar-refractivity contribution in [1.82, 2.24) is 5.32 Å². The van der Waals surface area contributed by atoms with Crippen molar-refractivity contribution in [1.29, 1.82) is 0 Å². The van der Waals surface area contributed by atoms with Gasteiger partial charge < -0.3 is 10.1 Å². The maximum absolute atomic E-state index is 11.7. The molecule has 3 heteroatoms. The van der Waals surface area contributed by atoms with Gasteiger partial charge in [0.25, 0.3) is 5.91 Å². The number of rotatable bonds is 4. The molecule has 1 aliphatic rings. The van der Waals surface area contributed by atoms with Crippen LogP contribution >= 0.6 is 0 Å². The first-order valence-corrected chi connectivity index (χ1v) is 6.73. The van der Waals surface area contributed by atoms with Crippen molar-refractivity contribution in [2.45, 2.75) is 45.1 Å². The Morgan fingerprint density at radius 3 is 2.83 bits per heavy atom. The molecule has 3 nitrogen and oxygen atoms in total. The third kappa shape index (κ3) is 4.06. The molecule has 0 heterocycles. The second-order valence-electron chi connectivity index (χ2n) is 5.01. The van der Waals surface area contributed by atoms with E-state index >= 15 is 0 Å². The predicted molar refractivity (Wildman–Crippen MR) is 71.7 cm³/mol. The topological polar surface area (TPSA) is 38.3 Å². The van der Waals surface area contributed by atoms with Crippen LogP contribution in [0.4, 0.5) is 0 Å². The van der Waals surface area contributed by atoms with Crippen molar-refractivity contribution < 1.29 is 9.53 Å². The highest BCUT2D eigenvalue weighted by Gasteiger charge is 2.15. The Labute approximate surface area is 109 Å². The largest absolute Gasteiger partial charge is 0.484 e. The Bertz CT molecular complexity index is 397. The monoisotopic (exact) mass is 247 g/mol. The summed E-state index contributed by atoms with van der Waals surface area (Å²) in [6, 6.07) is 8.11. The van der Waals surface area contributed by atoms with Crippen LogP contribution in [0.3, 0.4) is 0 Å². The number of carbonyl (C=O) groups excluding carboxylic acids is 1. The summed E-state index contributed by atoms with van der Waals surface area (Å²) in [5.41, 5.74) is 1.14. The molecule has 1 aromatic carbocycles. The van der Waals surface area contributed by atoms with Crippen molar-refractivity contribution in [3.63, 3.8) is 0 Å². The maximum Gasteiger partial charge on any atom is 0.258 e. The van der Waals surface area contributed by atoms with Crippen molar-refractivity contribution in [3.05, 3.63) is 29.8 Å². The molecule has 1 N–H and O–H groups in total. The number of ether oxygens (including phenoxy) is 1. The van der Waals surface area contributed by atoms with Crippen molar-refractivity contribution in [2.75, 3.05) is 6.61 Å². The van der Waals surface area contributed by atoms with E-state index in [1.54, 1.807) is 0 Å². The Kier molecular flexibility index (Phi) is 4.62. The van der Waals surface area contributed by atoms with E-state index in [0.717, 1.165) is 24.2 Å². The Hall–Kier alpha value is -1.51. The summed E-state index contributed by atoms with van der Waals surface area (Å²) in [6.45, 7) is 2.12. The number of amides is 1. The number of benzene rings is 1. The van der Waals surface area contributed by atoms with Gasteiger partial charge in [-0.05, 0) is 37.5 Å². The average molecular weight is 247 g/mol. The summed E-state index contributed by atoms with van der Waals surface area (Å²) >= 11 is 0. The number of hydrogen-bond donors (Lipinski definition) is 1. The van der Waals surface area contributed by atoms with Crippen LogP contribution < -0.4 is 10.1 Å². The molecule has 1 aromatic rings. The third-order valence-corrected chi connectivity index (χ3v) is 3.33. The molecule has 0 saturated heterocycles. The molecule has 0 unspecified atom stereocenters. The summed E-state index contributed by atoms with van der Waals surface area (Å²) in [6.07, 6.45) is 5.96. The second-order valence-corrected chi connectivity index (χ2v) is 5.01. The summed E-state index contributed by atoms with van der Waals surface area (Å²) in [7, 11) is 0. The minimum atomic E-state index is -0.0107. The molecule has 1 saturated carbocycles. The molecule has 0 bridgehead atoms. The van der Waals surface area contributed by atoms with Crippen LogP contribution in [0.1, 0.15) is 37.7 Å². The Morgan fingerprint density at radius 1 is 1.33 bits per heavy atom. The lowest BCUT2D eigenvalue weighted by atomic mass is 9.95. The zero-order chi connectivity index (χ0) is 12.8. The van der Waals surface area contributed by atoms with Gasteiger partial charge in [-0.3, -0.25) is 4.79 Å². The fourth-order valence-corrected chi connectivity index (χ4v) is 2.37. The first-order chi connectivity index (χ1) is 8.74. The lowest BCUT2D eigenvalue weighted by Crippen LogP contribution is -2.38. The lowest BCUT2D eigenvalue weighted by Gasteiger charge is -2.22. The molecule has 0 aliphatic heterocycles. The van der Waals surface area contributed by atoms with Crippen LogP contribution in [0.25, 0.3) is 0 Å². The second kappa shape index (κ2) is 6.43. The van der Waals surface area contributed by atoms with Crippen LogP contribution in [-0.2, 0) is 4.79 Å². The van der Waals surface area contributed by atoms with Crippen molar-refractivity contribution in [3.8, 4) is 5.75 Å². The van der Waals surface area contributed by atoms with E-state index in [-0.39, 0.29) is 12.5 Å². The van der Waals surface area contributed by atoms with Gasteiger partial charge in [0.15, 0.2) is 6.61 Å². The van der Waals surface area contributed by atoms with Crippen LogP contribution in [0.15, 0.2) is 24.3 Å². The molecule has 18 heavy (non-hydrogen) atoms. The quantitative estimate of drug-likeness (QED) is 0.888. The van der Waals surface area contributed by atoms with Crippen molar-refractivity contribution >= 4 is 5.91 Å². The van der Waals surface area contributed by atoms with E-state index in [2.05, 4.69) is 5.32 Å². The van der Waals surface area contributed by atoms with Gasteiger partial charge in [0, 0.05) is 6.04 Å². The minimum absolute atomic E-state index is 0.0107. The van der Waals surface area contributed by atoms with Crippen LogP contribution in [0.5, 0.6) is 5.75 Å². The highest BCUT2D eigenvalue weighted by Crippen LogP contribution is 2.17. The third-order valence-electron chi connectivity index (χ3n) is 3.33. The standard InChI is InChI=1S/C15H21NO2/c1-12-6-5-9-14(10-12)18-11-15(17)16-13-7-3-2-4-8-13/h5-6,9-10,13H,2-4,7-8,11H2,1H3,(H,16,17). The van der Waals surface area contributed by atoms with Gasteiger partial charge >= 0.3 is 0 Å². The highest BCUT2D eigenvalue weighted by molar-refractivity contribution is 5.77. The Balaban J connectivity index is 1.74. The zero-order valence-corrected chi connectivity index (χ0v) is 10.9. The fraction of sp³-hybridized carbons (Fsp3) is 0.533. The molecule has 0 radical (unpaired) electrons. The lowest BCUT2D eigenvalue weighted by molar-refractivity contribution is -0.124. The highest BCUT2D eigenvalue weighted by atomic mass is 16.5. The minimum Gasteiger partial charge on any atom is -0.484 e. The molecule has 1 amide bonds. The molecule has 1 fully saturated rings. The van der Waals surface area contributed by atoms with Crippen molar-refractivity contribution in [2.24, 2.45) is 0 Å². The summed E-state index contributed by atoms with van der Waals surface area (Å²) in [5, 5.41) is 3.04. The van der Waals surface area contributed by atoms with E-state index in [1.165, 1.54) is 19.3 Å². The fourth-order valence-electron chi connectivity index (χ4n) is 2.37. The first kappa shape index (κ1) is 12.9. The Morgan fingerprint density at radius 2 is 2.11 bits per heavy atom. The number of nitrogens with one attached hydrogen (secondary N) is 1. The maximum atomic E-state index is 11.7. The molecule has 1 aliphatic carbocycles. The van der Waals surface area contributed by atoms with E-state index in [1.807, 2.05) is 31.2 Å². The zero-order valence-electron chi connectivity index (χ0n) is 10.9. The first-order valence-electron chi connectivity index (χ1n) is 6.73. The van der Waals surface area contributed by atoms with Gasteiger partial charge in [-0.15, -0.1) is 0 Å². The van der Waals surface area contributed by atoms with Crippen LogP contribution in [-0.4, -0.2) is 18.6 Å². The van der Waals surface area contributed by atoms with Gasteiger partial charge in [0.1, 0.15) is 5.75 Å². The summed E-state index contributed by atoms with van der Waals surface area (Å²) < 4.78 is 5.48. The molecule has 0 aromatic heterocycles. The van der Waals surface area contributed by atoms with Gasteiger partial charge in [-0.25, -0.2) is 0 Å². The van der Waals surface area contributed by atoms with E-state index < -0.39 is 0 Å². The van der Waals surface area contributed by atoms with Crippen LogP contribution in [0.2, 0.25) is 0 Å². The molecular weight excluding hydrogens is 226 g/mol. The van der Waals surface area contributed by atoms with E-state index in [0.29, 0.717) is 6.04 Å². The van der Waals surface area contributed by atoms with Gasteiger partial charge in [-0.1, -0.05) is 31.4 Å². The summed E-state index contributed by atoms with van der Waals surface area (Å²) in [4.78, 5) is 11.7. The van der Waals surface area contributed by atoms with Crippen LogP contribution in [0, 0.1) is 6.92 Å². The number of hydrogen-bond acceptors (Lipinski definition) is 2. The normalized spacial score (nSPS) is 16.3. The molecule has 0 atom stereocenters. The number of carbonyl (C=O) groups is 1. The predicted octanol–water partition coefficient (Wildman–Crippen LogP) is 2.82. The molecule has 0 spiro atoms. The molecule has 2 rings (SSSR count). The number of aryl methyl sites for hydroxylation is 1. The smallest absolute Gasteiger partial charge is 0.258 e. The van der Waals surface area contributed by atoms with E-state index in [9.17, 15) is 4.79 Å². The average Bonchev–Trinajstić information content (AvgIpc) is 2.38.